The number of aliphatic hydroxyl groups is 1. The Bertz CT molecular complexity index is 1610. The molecule has 5 rings (SSSR count). The van der Waals surface area contributed by atoms with E-state index in [2.05, 4.69) is 13.2 Å². The van der Waals surface area contributed by atoms with E-state index in [0.29, 0.717) is 45.1 Å². The van der Waals surface area contributed by atoms with Gasteiger partial charge >= 0.3 is 5.97 Å². The number of rotatable bonds is 17. The van der Waals surface area contributed by atoms with Gasteiger partial charge in [-0.25, -0.2) is 0 Å². The summed E-state index contributed by atoms with van der Waals surface area (Å²) in [6, 6.07) is 13.8. The lowest BCUT2D eigenvalue weighted by Gasteiger charge is -2.37. The summed E-state index contributed by atoms with van der Waals surface area (Å²) in [6.45, 7) is 14.0. The first-order valence-corrected chi connectivity index (χ1v) is 18.2. The van der Waals surface area contributed by atoms with E-state index in [1.807, 2.05) is 69.3 Å². The quantitative estimate of drug-likeness (QED) is 0.133. The zero-order valence-corrected chi connectivity index (χ0v) is 30.5. The summed E-state index contributed by atoms with van der Waals surface area (Å²) >= 11 is 0. The number of fused-ring (bicyclic) bond motifs is 1. The van der Waals surface area contributed by atoms with E-state index in [0.717, 1.165) is 22.4 Å². The van der Waals surface area contributed by atoms with Crippen LogP contribution in [0.1, 0.15) is 74.7 Å². The van der Waals surface area contributed by atoms with Crippen LogP contribution in [-0.4, -0.2) is 89.1 Å². The number of hydrogen-bond donors (Lipinski definition) is 1. The predicted molar refractivity (Wildman–Crippen MR) is 196 cm³/mol. The Hall–Kier alpha value is -4.28. The predicted octanol–water partition coefficient (Wildman–Crippen LogP) is 5.46. The topological polar surface area (TPSA) is 117 Å². The van der Waals surface area contributed by atoms with Crippen molar-refractivity contribution in [3.63, 3.8) is 0 Å². The summed E-state index contributed by atoms with van der Waals surface area (Å²) < 4.78 is 13.1. The molecule has 0 saturated carbocycles. The number of amides is 3. The Kier molecular flexibility index (Phi) is 12.2. The summed E-state index contributed by atoms with van der Waals surface area (Å²) in [6.07, 6.45) is 5.59. The molecule has 1 N–H and O–H groups in total. The van der Waals surface area contributed by atoms with Crippen molar-refractivity contribution >= 4 is 29.4 Å². The van der Waals surface area contributed by atoms with E-state index in [4.69, 9.17) is 9.47 Å². The average molecular weight is 700 g/mol. The van der Waals surface area contributed by atoms with E-state index in [1.54, 1.807) is 33.9 Å². The molecule has 274 valence electrons. The van der Waals surface area contributed by atoms with Crippen molar-refractivity contribution in [3.8, 4) is 0 Å². The molecule has 7 atom stereocenters. The molecule has 3 fully saturated rings. The minimum absolute atomic E-state index is 0.0391. The molecule has 3 amide bonds. The number of anilines is 1. The normalized spacial score (nSPS) is 24.5. The van der Waals surface area contributed by atoms with Crippen molar-refractivity contribution in [3.05, 3.63) is 90.5 Å². The first-order valence-electron chi connectivity index (χ1n) is 18.2. The number of benzene rings is 2. The van der Waals surface area contributed by atoms with Crippen LogP contribution < -0.4 is 4.90 Å². The molecule has 10 heteroatoms. The molecule has 0 unspecified atom stereocenters. The molecule has 3 saturated heterocycles. The Balaban J connectivity index is 1.50. The van der Waals surface area contributed by atoms with Gasteiger partial charge < -0.3 is 29.3 Å². The van der Waals surface area contributed by atoms with Gasteiger partial charge in [-0.2, -0.15) is 0 Å². The lowest BCUT2D eigenvalue weighted by molar-refractivity contribution is -0.164. The number of hydrogen-bond acceptors (Lipinski definition) is 7. The number of unbranched alkanes of at least 4 members (excludes halogenated alkanes) is 2. The smallest absolute Gasteiger partial charge is 0.313 e. The minimum atomic E-state index is -1.21. The summed E-state index contributed by atoms with van der Waals surface area (Å²) in [7, 11) is 1.70. The molecule has 3 heterocycles. The van der Waals surface area contributed by atoms with Crippen LogP contribution in [0.2, 0.25) is 0 Å². The van der Waals surface area contributed by atoms with Gasteiger partial charge in [0, 0.05) is 38.9 Å². The van der Waals surface area contributed by atoms with Crippen LogP contribution >= 0.6 is 0 Å². The molecular weight excluding hydrogens is 646 g/mol. The first kappa shape index (κ1) is 38.0. The van der Waals surface area contributed by atoms with Gasteiger partial charge in [0.05, 0.1) is 24.0 Å². The molecular formula is C41H53N3O7. The van der Waals surface area contributed by atoms with Crippen LogP contribution in [0, 0.1) is 25.7 Å². The van der Waals surface area contributed by atoms with Crippen LogP contribution in [0.25, 0.3) is 0 Å². The van der Waals surface area contributed by atoms with Crippen molar-refractivity contribution in [2.75, 3.05) is 31.6 Å². The third kappa shape index (κ3) is 7.39. The highest BCUT2D eigenvalue weighted by molar-refractivity contribution is 6.05. The van der Waals surface area contributed by atoms with E-state index < -0.39 is 47.7 Å². The Morgan fingerprint density at radius 3 is 2.53 bits per heavy atom. The molecule has 2 bridgehead atoms. The summed E-state index contributed by atoms with van der Waals surface area (Å²) in [5.74, 6) is -3.05. The van der Waals surface area contributed by atoms with Gasteiger partial charge in [-0.3, -0.25) is 19.2 Å². The lowest BCUT2D eigenvalue weighted by atomic mass is 9.70. The maximum atomic E-state index is 14.9. The van der Waals surface area contributed by atoms with Gasteiger partial charge in [0.2, 0.25) is 11.8 Å². The monoisotopic (exact) mass is 699 g/mol. The molecule has 51 heavy (non-hydrogen) atoms. The number of ether oxygens (including phenoxy) is 2. The zero-order chi connectivity index (χ0) is 36.9. The molecule has 1 spiro atoms. The second-order valence-electron chi connectivity index (χ2n) is 14.2. The molecule has 0 aliphatic carbocycles. The fourth-order valence-corrected chi connectivity index (χ4v) is 8.23. The number of allylic oxidation sites excluding steroid dienone is 1. The highest BCUT2D eigenvalue weighted by Crippen LogP contribution is 2.59. The number of likely N-dealkylation sites (N-methyl/N-ethyl adjacent to an activating group) is 1. The zero-order valence-electron chi connectivity index (χ0n) is 30.5. The highest BCUT2D eigenvalue weighted by Gasteiger charge is 2.75. The summed E-state index contributed by atoms with van der Waals surface area (Å²) in [4.78, 5) is 61.9. The molecule has 0 aromatic heterocycles. The lowest BCUT2D eigenvalue weighted by Crippen LogP contribution is -2.56. The SMILES string of the molecule is C=CCCC(=O)N(C)[C@H](C)[C@H](OC(=O)[C@@H]1[C@@H]2CC[C@]3(O2)[C@H](C(=O)N(CC=C)c2cc(C)ccc2C)N(CCCCCO)C(=O)[C@@H]13)c1ccccc1. The molecule has 2 aromatic rings. The number of aryl methyl sites for hydroxylation is 2. The fourth-order valence-electron chi connectivity index (χ4n) is 8.23. The van der Waals surface area contributed by atoms with Gasteiger partial charge in [0.25, 0.3) is 5.91 Å². The van der Waals surface area contributed by atoms with E-state index in [1.165, 1.54) is 0 Å². The van der Waals surface area contributed by atoms with Crippen LogP contribution in [0.15, 0.2) is 73.8 Å². The van der Waals surface area contributed by atoms with Gasteiger partial charge in [-0.1, -0.05) is 54.6 Å². The summed E-state index contributed by atoms with van der Waals surface area (Å²) in [5, 5.41) is 9.42. The fraction of sp³-hybridized carbons (Fsp3) is 0.512. The second kappa shape index (κ2) is 16.4. The first-order chi connectivity index (χ1) is 24.5. The standard InChI is InChI=1S/C41H53N3O7/c1-7-9-18-33(46)42(6)29(5)36(30-16-12-10-13-17-30)50-40(49)34-32-21-22-41(51-32)35(34)38(47)44(24-14-11-15-25-45)37(41)39(48)43(23-8-2)31-26-27(3)19-20-28(31)4/h7-8,10,12-13,16-17,19-20,26,29,32,34-37,45H,1-2,9,11,14-15,18,21-25H2,3-6H3/t29-,32+,34-,35-,36+,37+,41-/m1/s1. The minimum Gasteiger partial charge on any atom is -0.455 e. The van der Waals surface area contributed by atoms with E-state index in [-0.39, 0.29) is 37.3 Å². The number of aliphatic hydroxyl groups excluding tert-OH is 1. The molecule has 3 aliphatic rings. The van der Waals surface area contributed by atoms with Gasteiger partial charge in [0.1, 0.15) is 17.7 Å². The van der Waals surface area contributed by atoms with Crippen molar-refractivity contribution in [2.45, 2.75) is 95.6 Å². The number of carbonyl (C=O) groups is 4. The molecule has 3 aliphatic heterocycles. The maximum Gasteiger partial charge on any atom is 0.313 e. The number of likely N-dealkylation sites (tertiary alicyclic amines) is 1. The third-order valence-electron chi connectivity index (χ3n) is 11.0. The molecule has 2 aromatic carbocycles. The maximum absolute atomic E-state index is 14.9. The van der Waals surface area contributed by atoms with Crippen LogP contribution in [0.4, 0.5) is 5.69 Å². The van der Waals surface area contributed by atoms with E-state index in [9.17, 15) is 24.3 Å². The van der Waals surface area contributed by atoms with Crippen molar-refractivity contribution in [2.24, 2.45) is 11.8 Å². The van der Waals surface area contributed by atoms with Gasteiger partial charge in [0.15, 0.2) is 0 Å². The van der Waals surface area contributed by atoms with Crippen molar-refractivity contribution in [1.29, 1.82) is 0 Å². The Labute approximate surface area is 302 Å². The Morgan fingerprint density at radius 2 is 1.84 bits per heavy atom. The number of carbonyl (C=O) groups excluding carboxylic acids is 4. The van der Waals surface area contributed by atoms with Crippen molar-refractivity contribution in [1.82, 2.24) is 9.80 Å². The summed E-state index contributed by atoms with van der Waals surface area (Å²) in [5.41, 5.74) is 2.17. The second-order valence-corrected chi connectivity index (χ2v) is 14.2. The largest absolute Gasteiger partial charge is 0.455 e. The number of nitrogens with zero attached hydrogens (tertiary/aromatic N) is 3. The van der Waals surface area contributed by atoms with Crippen LogP contribution in [0.3, 0.4) is 0 Å². The van der Waals surface area contributed by atoms with Crippen LogP contribution in [0.5, 0.6) is 0 Å². The molecule has 10 nitrogen and oxygen atoms in total. The van der Waals surface area contributed by atoms with E-state index >= 15 is 0 Å². The number of esters is 1. The molecule has 0 radical (unpaired) electrons. The average Bonchev–Trinajstić information content (AvgIpc) is 3.78. The third-order valence-corrected chi connectivity index (χ3v) is 11.0. The van der Waals surface area contributed by atoms with Gasteiger partial charge in [-0.15, -0.1) is 13.2 Å². The van der Waals surface area contributed by atoms with Crippen LogP contribution in [-0.2, 0) is 28.7 Å². The Morgan fingerprint density at radius 1 is 1.10 bits per heavy atom. The highest BCUT2D eigenvalue weighted by atomic mass is 16.6. The van der Waals surface area contributed by atoms with Gasteiger partial charge in [-0.05, 0) is 82.1 Å². The van der Waals surface area contributed by atoms with Crippen molar-refractivity contribution < 1.29 is 33.8 Å².